The van der Waals surface area contributed by atoms with Gasteiger partial charge in [0.15, 0.2) is 11.5 Å². The summed E-state index contributed by atoms with van der Waals surface area (Å²) in [6.07, 6.45) is 0. The van der Waals surface area contributed by atoms with Gasteiger partial charge >= 0.3 is 0 Å². The molecule has 7 heteroatoms. The third-order valence-corrected chi connectivity index (χ3v) is 4.39. The number of fused-ring (bicyclic) bond motifs is 1. The maximum Gasteiger partial charge on any atom is 0.231 e. The second kappa shape index (κ2) is 7.72. The van der Waals surface area contributed by atoms with E-state index in [9.17, 15) is 0 Å². The van der Waals surface area contributed by atoms with Crippen LogP contribution in [0.5, 0.6) is 11.5 Å². The van der Waals surface area contributed by atoms with Crippen molar-refractivity contribution in [2.75, 3.05) is 17.4 Å². The van der Waals surface area contributed by atoms with E-state index in [1.807, 2.05) is 55.5 Å². The average molecular weight is 383 g/mol. The summed E-state index contributed by atoms with van der Waals surface area (Å²) in [5.74, 6) is 3.79. The average Bonchev–Trinajstić information content (AvgIpc) is 3.13. The maximum absolute atomic E-state index is 5.92. The van der Waals surface area contributed by atoms with E-state index in [4.69, 9.17) is 21.1 Å². The number of ether oxygens (including phenoxy) is 2. The Bertz CT molecular complexity index is 947. The monoisotopic (exact) mass is 382 g/mol. The fraction of sp³-hybridized carbons (Fsp3) is 0.200. The van der Waals surface area contributed by atoms with Crippen LogP contribution in [-0.4, -0.2) is 16.8 Å². The lowest BCUT2D eigenvalue weighted by Crippen LogP contribution is -2.07. The van der Waals surface area contributed by atoms with Gasteiger partial charge in [-0.05, 0) is 42.3 Å². The smallest absolute Gasteiger partial charge is 0.231 e. The largest absolute Gasteiger partial charge is 0.454 e. The van der Waals surface area contributed by atoms with Crippen LogP contribution in [-0.2, 0) is 13.1 Å². The fourth-order valence-corrected chi connectivity index (χ4v) is 2.91. The molecule has 0 bridgehead atoms. The Morgan fingerprint density at radius 1 is 0.852 bits per heavy atom. The van der Waals surface area contributed by atoms with E-state index in [0.717, 1.165) is 39.3 Å². The molecule has 1 aliphatic rings. The van der Waals surface area contributed by atoms with E-state index in [1.165, 1.54) is 0 Å². The SMILES string of the molecule is Cc1nc(NCc2ccc(Cl)cc2)cc(NCc2ccc3c(c2)OCO3)n1. The van der Waals surface area contributed by atoms with Crippen LogP contribution in [0.25, 0.3) is 0 Å². The van der Waals surface area contributed by atoms with E-state index >= 15 is 0 Å². The summed E-state index contributed by atoms with van der Waals surface area (Å²) in [6.45, 7) is 3.44. The molecule has 138 valence electrons. The molecule has 1 aliphatic heterocycles. The van der Waals surface area contributed by atoms with Crippen LogP contribution >= 0.6 is 11.6 Å². The Kier molecular flexibility index (Phi) is 4.98. The first kappa shape index (κ1) is 17.4. The van der Waals surface area contributed by atoms with Crippen molar-refractivity contribution in [2.45, 2.75) is 20.0 Å². The number of hydrogen-bond acceptors (Lipinski definition) is 6. The number of nitrogens with zero attached hydrogens (tertiary/aromatic N) is 2. The molecule has 0 saturated heterocycles. The number of nitrogens with one attached hydrogen (secondary N) is 2. The molecule has 1 aromatic heterocycles. The van der Waals surface area contributed by atoms with Crippen molar-refractivity contribution in [1.82, 2.24) is 9.97 Å². The summed E-state index contributed by atoms with van der Waals surface area (Å²) in [5, 5.41) is 7.39. The molecule has 0 amide bonds. The second-order valence-corrected chi connectivity index (χ2v) is 6.64. The summed E-state index contributed by atoms with van der Waals surface area (Å²) in [6, 6.07) is 15.5. The lowest BCUT2D eigenvalue weighted by atomic mass is 10.2. The summed E-state index contributed by atoms with van der Waals surface area (Å²) < 4.78 is 10.8. The minimum absolute atomic E-state index is 0.278. The molecular formula is C20H19ClN4O2. The predicted octanol–water partition coefficient (Wildman–Crippen LogP) is 4.39. The van der Waals surface area contributed by atoms with Crippen molar-refractivity contribution in [3.8, 4) is 11.5 Å². The van der Waals surface area contributed by atoms with E-state index in [0.29, 0.717) is 18.9 Å². The maximum atomic E-state index is 5.92. The Morgan fingerprint density at radius 3 is 2.22 bits per heavy atom. The fourth-order valence-electron chi connectivity index (χ4n) is 2.79. The van der Waals surface area contributed by atoms with Crippen LogP contribution in [0.2, 0.25) is 5.02 Å². The zero-order chi connectivity index (χ0) is 18.6. The van der Waals surface area contributed by atoms with Crippen molar-refractivity contribution in [3.05, 3.63) is 70.5 Å². The lowest BCUT2D eigenvalue weighted by Gasteiger charge is -2.11. The zero-order valence-corrected chi connectivity index (χ0v) is 15.6. The minimum atomic E-state index is 0.278. The van der Waals surface area contributed by atoms with Gasteiger partial charge in [-0.25, -0.2) is 9.97 Å². The summed E-state index contributed by atoms with van der Waals surface area (Å²) in [5.41, 5.74) is 2.22. The molecule has 0 fully saturated rings. The van der Waals surface area contributed by atoms with Crippen molar-refractivity contribution >= 4 is 23.2 Å². The number of benzene rings is 2. The summed E-state index contributed by atoms with van der Waals surface area (Å²) >= 11 is 5.92. The number of hydrogen-bond donors (Lipinski definition) is 2. The highest BCUT2D eigenvalue weighted by atomic mass is 35.5. The Labute approximate surface area is 162 Å². The summed E-state index contributed by atoms with van der Waals surface area (Å²) in [4.78, 5) is 8.90. The number of aromatic nitrogens is 2. The highest BCUT2D eigenvalue weighted by Gasteiger charge is 2.13. The first-order chi connectivity index (χ1) is 13.2. The third kappa shape index (κ3) is 4.41. The third-order valence-electron chi connectivity index (χ3n) is 4.14. The molecule has 0 atom stereocenters. The highest BCUT2D eigenvalue weighted by Crippen LogP contribution is 2.32. The van der Waals surface area contributed by atoms with E-state index < -0.39 is 0 Å². The van der Waals surface area contributed by atoms with Crippen LogP contribution in [0.4, 0.5) is 11.6 Å². The molecule has 6 nitrogen and oxygen atoms in total. The van der Waals surface area contributed by atoms with Crippen molar-refractivity contribution in [3.63, 3.8) is 0 Å². The van der Waals surface area contributed by atoms with Crippen molar-refractivity contribution < 1.29 is 9.47 Å². The predicted molar refractivity (Wildman–Crippen MR) is 105 cm³/mol. The van der Waals surface area contributed by atoms with Gasteiger partial charge in [0.2, 0.25) is 6.79 Å². The van der Waals surface area contributed by atoms with Crippen molar-refractivity contribution in [2.24, 2.45) is 0 Å². The van der Waals surface area contributed by atoms with Crippen LogP contribution in [0.1, 0.15) is 17.0 Å². The molecule has 0 saturated carbocycles. The van der Waals surface area contributed by atoms with Gasteiger partial charge in [0, 0.05) is 24.2 Å². The van der Waals surface area contributed by atoms with Gasteiger partial charge in [-0.1, -0.05) is 29.8 Å². The summed E-state index contributed by atoms with van der Waals surface area (Å²) in [7, 11) is 0. The standard InChI is InChI=1S/C20H19ClN4O2/c1-13-24-19(22-10-14-2-5-16(21)6-3-14)9-20(25-13)23-11-15-4-7-17-18(8-15)27-12-26-17/h2-9H,10-12H2,1H3,(H2,22,23,24,25). The van der Waals surface area contributed by atoms with E-state index in [-0.39, 0.29) is 6.79 Å². The Balaban J connectivity index is 1.40. The van der Waals surface area contributed by atoms with Gasteiger partial charge in [0.05, 0.1) is 0 Å². The molecule has 2 heterocycles. The van der Waals surface area contributed by atoms with E-state index in [2.05, 4.69) is 20.6 Å². The molecular weight excluding hydrogens is 364 g/mol. The van der Waals surface area contributed by atoms with Crippen molar-refractivity contribution in [1.29, 1.82) is 0 Å². The van der Waals surface area contributed by atoms with Crippen LogP contribution in [0, 0.1) is 6.92 Å². The molecule has 27 heavy (non-hydrogen) atoms. The quantitative estimate of drug-likeness (QED) is 0.659. The van der Waals surface area contributed by atoms with Gasteiger partial charge in [0.1, 0.15) is 17.5 Å². The van der Waals surface area contributed by atoms with Crippen LogP contribution < -0.4 is 20.1 Å². The van der Waals surface area contributed by atoms with Gasteiger partial charge in [-0.3, -0.25) is 0 Å². The van der Waals surface area contributed by atoms with Gasteiger partial charge in [-0.15, -0.1) is 0 Å². The number of halogens is 1. The molecule has 3 aromatic rings. The number of aryl methyl sites for hydroxylation is 1. The van der Waals surface area contributed by atoms with Gasteiger partial charge in [-0.2, -0.15) is 0 Å². The molecule has 4 rings (SSSR count). The zero-order valence-electron chi connectivity index (χ0n) is 14.8. The molecule has 0 radical (unpaired) electrons. The van der Waals surface area contributed by atoms with Gasteiger partial charge < -0.3 is 20.1 Å². The molecule has 0 spiro atoms. The molecule has 0 unspecified atom stereocenters. The normalized spacial score (nSPS) is 12.1. The Hall–Kier alpha value is -2.99. The first-order valence-electron chi connectivity index (χ1n) is 8.62. The minimum Gasteiger partial charge on any atom is -0.454 e. The van der Waals surface area contributed by atoms with Crippen LogP contribution in [0.3, 0.4) is 0 Å². The topological polar surface area (TPSA) is 68.3 Å². The second-order valence-electron chi connectivity index (χ2n) is 6.21. The van der Waals surface area contributed by atoms with Crippen LogP contribution in [0.15, 0.2) is 48.5 Å². The number of rotatable bonds is 6. The number of anilines is 2. The Morgan fingerprint density at radius 2 is 1.48 bits per heavy atom. The first-order valence-corrected chi connectivity index (χ1v) is 9.00. The molecule has 2 aromatic carbocycles. The molecule has 2 N–H and O–H groups in total. The lowest BCUT2D eigenvalue weighted by molar-refractivity contribution is 0.174. The molecule has 0 aliphatic carbocycles. The van der Waals surface area contributed by atoms with E-state index in [1.54, 1.807) is 0 Å². The highest BCUT2D eigenvalue weighted by molar-refractivity contribution is 6.30. The van der Waals surface area contributed by atoms with Gasteiger partial charge in [0.25, 0.3) is 0 Å².